The Hall–Kier alpha value is -2.32. The van der Waals surface area contributed by atoms with Gasteiger partial charge in [-0.15, -0.1) is 0 Å². The first-order valence-corrected chi connectivity index (χ1v) is 8.40. The maximum absolute atomic E-state index is 13.9. The zero-order valence-electron chi connectivity index (χ0n) is 14.8. The summed E-state index contributed by atoms with van der Waals surface area (Å²) in [6.07, 6.45) is 0. The van der Waals surface area contributed by atoms with Gasteiger partial charge in [0.1, 0.15) is 5.82 Å². The standard InChI is InChI=1S/C18H21FN2O5/c1-4-21-15(23)12-13(16(21)24)18(8-22,17(25)26-3)20-14(12)10-5-9(2)6-11(19)7-10/h5-7,12-14,20,22H,4,8H2,1-3H3/t12-,13-,14-,18-/m0/s1. The smallest absolute Gasteiger partial charge is 0.329 e. The molecule has 2 saturated heterocycles. The maximum Gasteiger partial charge on any atom is 0.329 e. The number of carbonyl (C=O) groups is 3. The van der Waals surface area contributed by atoms with Gasteiger partial charge in [0.2, 0.25) is 11.8 Å². The number of hydrogen-bond acceptors (Lipinski definition) is 6. The van der Waals surface area contributed by atoms with Crippen LogP contribution in [0.1, 0.15) is 24.1 Å². The van der Waals surface area contributed by atoms with Crippen LogP contribution in [0.4, 0.5) is 4.39 Å². The van der Waals surface area contributed by atoms with Gasteiger partial charge in [-0.05, 0) is 37.1 Å². The van der Waals surface area contributed by atoms with Crippen LogP contribution >= 0.6 is 0 Å². The van der Waals surface area contributed by atoms with E-state index in [0.717, 1.165) is 12.0 Å². The third-order valence-corrected chi connectivity index (χ3v) is 5.28. The second kappa shape index (κ2) is 6.44. The van der Waals surface area contributed by atoms with Crippen LogP contribution in [0.15, 0.2) is 18.2 Å². The number of esters is 1. The van der Waals surface area contributed by atoms with Crippen LogP contribution in [0, 0.1) is 24.6 Å². The summed E-state index contributed by atoms with van der Waals surface area (Å²) in [5.74, 6) is -4.33. The number of aliphatic hydroxyl groups is 1. The second-order valence-corrected chi connectivity index (χ2v) is 6.73. The molecule has 140 valence electrons. The molecule has 3 rings (SSSR count). The summed E-state index contributed by atoms with van der Waals surface area (Å²) in [6.45, 7) is 2.80. The molecule has 26 heavy (non-hydrogen) atoms. The third-order valence-electron chi connectivity index (χ3n) is 5.28. The van der Waals surface area contributed by atoms with Crippen molar-refractivity contribution in [3.63, 3.8) is 0 Å². The Morgan fingerprint density at radius 1 is 1.35 bits per heavy atom. The van der Waals surface area contributed by atoms with E-state index in [1.165, 1.54) is 12.1 Å². The fourth-order valence-electron chi connectivity index (χ4n) is 4.19. The molecule has 2 aliphatic heterocycles. The van der Waals surface area contributed by atoms with E-state index >= 15 is 0 Å². The van der Waals surface area contributed by atoms with Gasteiger partial charge in [-0.25, -0.2) is 9.18 Å². The molecule has 4 atom stereocenters. The van der Waals surface area contributed by atoms with Gasteiger partial charge in [-0.1, -0.05) is 6.07 Å². The number of aryl methyl sites for hydroxylation is 1. The molecule has 0 unspecified atom stereocenters. The molecule has 0 bridgehead atoms. The minimum absolute atomic E-state index is 0.155. The molecular weight excluding hydrogens is 343 g/mol. The highest BCUT2D eigenvalue weighted by molar-refractivity contribution is 6.09. The number of ether oxygens (including phenoxy) is 1. The molecule has 1 aromatic rings. The molecule has 0 radical (unpaired) electrons. The summed E-state index contributed by atoms with van der Waals surface area (Å²) >= 11 is 0. The van der Waals surface area contributed by atoms with Crippen molar-refractivity contribution in [2.75, 3.05) is 20.3 Å². The van der Waals surface area contributed by atoms with Gasteiger partial charge >= 0.3 is 5.97 Å². The van der Waals surface area contributed by atoms with Gasteiger partial charge in [0.05, 0.1) is 25.6 Å². The Labute approximate surface area is 150 Å². The largest absolute Gasteiger partial charge is 0.468 e. The average molecular weight is 364 g/mol. The number of methoxy groups -OCH3 is 1. The molecule has 2 fully saturated rings. The van der Waals surface area contributed by atoms with E-state index < -0.39 is 53.6 Å². The van der Waals surface area contributed by atoms with Crippen LogP contribution in [-0.2, 0) is 19.1 Å². The lowest BCUT2D eigenvalue weighted by atomic mass is 9.79. The molecule has 7 nitrogen and oxygen atoms in total. The molecule has 0 saturated carbocycles. The van der Waals surface area contributed by atoms with Crippen LogP contribution in [0.25, 0.3) is 0 Å². The monoisotopic (exact) mass is 364 g/mol. The second-order valence-electron chi connectivity index (χ2n) is 6.73. The summed E-state index contributed by atoms with van der Waals surface area (Å²) < 4.78 is 18.7. The lowest BCUT2D eigenvalue weighted by molar-refractivity contribution is -0.156. The van der Waals surface area contributed by atoms with Crippen molar-refractivity contribution in [2.24, 2.45) is 11.8 Å². The van der Waals surface area contributed by atoms with Crippen LogP contribution in [0.3, 0.4) is 0 Å². The highest BCUT2D eigenvalue weighted by atomic mass is 19.1. The first-order chi connectivity index (χ1) is 12.3. The molecule has 2 aliphatic rings. The number of nitrogens with one attached hydrogen (secondary N) is 1. The van der Waals surface area contributed by atoms with Crippen molar-refractivity contribution < 1.29 is 28.6 Å². The number of imide groups is 1. The van der Waals surface area contributed by atoms with Gasteiger partial charge in [-0.2, -0.15) is 0 Å². The predicted molar refractivity (Wildman–Crippen MR) is 88.2 cm³/mol. The van der Waals surface area contributed by atoms with E-state index in [2.05, 4.69) is 5.32 Å². The van der Waals surface area contributed by atoms with Crippen molar-refractivity contribution in [2.45, 2.75) is 25.4 Å². The number of aliphatic hydroxyl groups excluding tert-OH is 1. The van der Waals surface area contributed by atoms with Gasteiger partial charge in [0.15, 0.2) is 5.54 Å². The topological polar surface area (TPSA) is 95.9 Å². The Morgan fingerprint density at radius 2 is 2.04 bits per heavy atom. The summed E-state index contributed by atoms with van der Waals surface area (Å²) in [5, 5.41) is 12.9. The highest BCUT2D eigenvalue weighted by Crippen LogP contribution is 2.49. The van der Waals surface area contributed by atoms with Gasteiger partial charge in [0.25, 0.3) is 0 Å². The fraction of sp³-hybridized carbons (Fsp3) is 0.500. The lowest BCUT2D eigenvalue weighted by Gasteiger charge is -2.30. The number of amides is 2. The third kappa shape index (κ3) is 2.44. The lowest BCUT2D eigenvalue weighted by Crippen LogP contribution is -2.58. The molecule has 2 N–H and O–H groups in total. The average Bonchev–Trinajstić information content (AvgIpc) is 3.08. The maximum atomic E-state index is 13.9. The highest BCUT2D eigenvalue weighted by Gasteiger charge is 2.68. The van der Waals surface area contributed by atoms with Gasteiger partial charge in [0, 0.05) is 12.6 Å². The van der Waals surface area contributed by atoms with E-state index in [1.807, 2.05) is 0 Å². The summed E-state index contributed by atoms with van der Waals surface area (Å²) in [6, 6.07) is 3.50. The van der Waals surface area contributed by atoms with Crippen LogP contribution in [0.5, 0.6) is 0 Å². The van der Waals surface area contributed by atoms with Crippen molar-refractivity contribution in [1.29, 1.82) is 0 Å². The number of benzene rings is 1. The normalized spacial score (nSPS) is 30.7. The molecule has 0 spiro atoms. The molecule has 2 amide bonds. The minimum atomic E-state index is -1.75. The summed E-state index contributed by atoms with van der Waals surface area (Å²) in [7, 11) is 1.15. The first-order valence-electron chi connectivity index (χ1n) is 8.40. The molecule has 8 heteroatoms. The van der Waals surface area contributed by atoms with Gasteiger partial charge in [-0.3, -0.25) is 19.8 Å². The van der Waals surface area contributed by atoms with E-state index in [-0.39, 0.29) is 6.54 Å². The van der Waals surface area contributed by atoms with Crippen LogP contribution < -0.4 is 5.32 Å². The van der Waals surface area contributed by atoms with E-state index in [1.54, 1.807) is 19.9 Å². The Kier molecular flexibility index (Phi) is 4.58. The van der Waals surface area contributed by atoms with Gasteiger partial charge < -0.3 is 9.84 Å². The molecule has 0 aliphatic carbocycles. The molecule has 2 heterocycles. The van der Waals surface area contributed by atoms with E-state index in [9.17, 15) is 23.9 Å². The van der Waals surface area contributed by atoms with Crippen molar-refractivity contribution in [1.82, 2.24) is 10.2 Å². The van der Waals surface area contributed by atoms with E-state index in [4.69, 9.17) is 4.74 Å². The molecule has 0 aromatic heterocycles. The number of hydrogen-bond donors (Lipinski definition) is 2. The van der Waals surface area contributed by atoms with Crippen LogP contribution in [-0.4, -0.2) is 53.6 Å². The SMILES string of the molecule is CCN1C(=O)[C@H]2[C@@H](C1=O)[C@@](CO)(C(=O)OC)N[C@H]2c1cc(C)cc(F)c1. The Balaban J connectivity index is 2.17. The number of carbonyl (C=O) groups excluding carboxylic acids is 3. The number of rotatable bonds is 4. The summed E-state index contributed by atoms with van der Waals surface area (Å²) in [5.41, 5.74) is -0.668. The zero-order valence-corrected chi connectivity index (χ0v) is 14.8. The molecular formula is C18H21FN2O5. The quantitative estimate of drug-likeness (QED) is 0.590. The fourth-order valence-corrected chi connectivity index (χ4v) is 4.19. The Morgan fingerprint density at radius 3 is 2.58 bits per heavy atom. The predicted octanol–water partition coefficient (Wildman–Crippen LogP) is 0.304. The van der Waals surface area contributed by atoms with E-state index in [0.29, 0.717) is 11.1 Å². The first kappa shape index (κ1) is 18.5. The summed E-state index contributed by atoms with van der Waals surface area (Å²) in [4.78, 5) is 39.2. The van der Waals surface area contributed by atoms with Crippen molar-refractivity contribution >= 4 is 17.8 Å². The molecule has 1 aromatic carbocycles. The van der Waals surface area contributed by atoms with Crippen molar-refractivity contribution in [3.8, 4) is 0 Å². The van der Waals surface area contributed by atoms with Crippen LogP contribution in [0.2, 0.25) is 0 Å². The number of nitrogens with zero attached hydrogens (tertiary/aromatic N) is 1. The number of halogens is 1. The number of fused-ring (bicyclic) bond motifs is 1. The zero-order chi connectivity index (χ0) is 19.2. The Bertz CT molecular complexity index is 763. The number of likely N-dealkylation sites (tertiary alicyclic amines) is 1. The minimum Gasteiger partial charge on any atom is -0.468 e. The van der Waals surface area contributed by atoms with Crippen molar-refractivity contribution in [3.05, 3.63) is 35.1 Å².